The Balaban J connectivity index is 1.81. The van der Waals surface area contributed by atoms with Crippen molar-refractivity contribution in [3.63, 3.8) is 0 Å². The predicted octanol–water partition coefficient (Wildman–Crippen LogP) is 0.702. The molecule has 2 atom stereocenters. The highest BCUT2D eigenvalue weighted by molar-refractivity contribution is 7.99. The SMILES string of the molecule is CCS(=O)(=O)NC(C)C(=O)N1CCN(C(=O)CSCc2cccnc2)CC1C. The molecule has 1 aromatic rings. The molecule has 0 spiro atoms. The van der Waals surface area contributed by atoms with Crippen LogP contribution < -0.4 is 4.72 Å². The maximum absolute atomic E-state index is 12.6. The molecule has 28 heavy (non-hydrogen) atoms. The van der Waals surface area contributed by atoms with Gasteiger partial charge in [0.2, 0.25) is 21.8 Å². The van der Waals surface area contributed by atoms with Crippen LogP contribution in [0.5, 0.6) is 0 Å². The summed E-state index contributed by atoms with van der Waals surface area (Å²) in [7, 11) is -3.45. The Morgan fingerprint density at radius 2 is 2.14 bits per heavy atom. The predicted molar refractivity (Wildman–Crippen MR) is 110 cm³/mol. The zero-order chi connectivity index (χ0) is 20.7. The first kappa shape index (κ1) is 22.6. The van der Waals surface area contributed by atoms with Gasteiger partial charge in [0.05, 0.1) is 17.5 Å². The fourth-order valence-electron chi connectivity index (χ4n) is 2.99. The number of carbonyl (C=O) groups excluding carboxylic acids is 2. The number of nitrogens with one attached hydrogen (secondary N) is 1. The van der Waals surface area contributed by atoms with Crippen LogP contribution in [0.4, 0.5) is 0 Å². The lowest BCUT2D eigenvalue weighted by Gasteiger charge is -2.41. The average molecular weight is 429 g/mol. The van der Waals surface area contributed by atoms with Gasteiger partial charge in [-0.25, -0.2) is 13.1 Å². The standard InChI is InChI=1S/C18H28N4O4S2/c1-4-28(25,26)20-15(3)18(24)22-9-8-21(11-14(22)2)17(23)13-27-12-16-6-5-7-19-10-16/h5-7,10,14-15,20H,4,8-9,11-13H2,1-3H3. The number of sulfonamides is 1. The molecule has 10 heteroatoms. The highest BCUT2D eigenvalue weighted by atomic mass is 32.2. The molecule has 2 heterocycles. The minimum atomic E-state index is -3.45. The number of rotatable bonds is 8. The van der Waals surface area contributed by atoms with Gasteiger partial charge in [0, 0.05) is 43.8 Å². The first-order valence-corrected chi connectivity index (χ1v) is 12.1. The summed E-state index contributed by atoms with van der Waals surface area (Å²) in [6.07, 6.45) is 3.51. The molecule has 1 fully saturated rings. The number of nitrogens with zero attached hydrogens (tertiary/aromatic N) is 3. The number of piperazine rings is 1. The van der Waals surface area contributed by atoms with Crippen LogP contribution in [0.25, 0.3) is 0 Å². The van der Waals surface area contributed by atoms with Crippen molar-refractivity contribution in [2.24, 2.45) is 0 Å². The number of hydrogen-bond acceptors (Lipinski definition) is 6. The van der Waals surface area contributed by atoms with E-state index >= 15 is 0 Å². The molecule has 0 radical (unpaired) electrons. The monoisotopic (exact) mass is 428 g/mol. The molecular weight excluding hydrogens is 400 g/mol. The van der Waals surface area contributed by atoms with Crippen LogP contribution in [0.1, 0.15) is 26.3 Å². The first-order valence-electron chi connectivity index (χ1n) is 9.28. The number of amides is 2. The molecule has 1 aromatic heterocycles. The molecule has 8 nitrogen and oxygen atoms in total. The third-order valence-corrected chi connectivity index (χ3v) is 7.05. The Morgan fingerprint density at radius 3 is 2.75 bits per heavy atom. The fraction of sp³-hybridized carbons (Fsp3) is 0.611. The molecule has 2 rings (SSSR count). The molecule has 0 aromatic carbocycles. The van der Waals surface area contributed by atoms with E-state index in [0.717, 1.165) is 11.3 Å². The Bertz CT molecular complexity index is 773. The van der Waals surface area contributed by atoms with Gasteiger partial charge in [-0.2, -0.15) is 0 Å². The fourth-order valence-corrected chi connectivity index (χ4v) is 4.67. The van der Waals surface area contributed by atoms with E-state index in [1.54, 1.807) is 40.9 Å². The minimum Gasteiger partial charge on any atom is -0.338 e. The van der Waals surface area contributed by atoms with Gasteiger partial charge in [-0.05, 0) is 32.4 Å². The van der Waals surface area contributed by atoms with Gasteiger partial charge in [0.15, 0.2) is 0 Å². The number of hydrogen-bond donors (Lipinski definition) is 1. The molecule has 2 unspecified atom stereocenters. The average Bonchev–Trinajstić information content (AvgIpc) is 2.67. The zero-order valence-corrected chi connectivity index (χ0v) is 18.1. The van der Waals surface area contributed by atoms with Gasteiger partial charge >= 0.3 is 0 Å². The molecule has 1 aliphatic rings. The topological polar surface area (TPSA) is 99.7 Å². The molecule has 0 saturated carbocycles. The minimum absolute atomic E-state index is 0.0487. The third kappa shape index (κ3) is 6.46. The van der Waals surface area contributed by atoms with Crippen LogP contribution >= 0.6 is 11.8 Å². The van der Waals surface area contributed by atoms with Crippen molar-refractivity contribution < 1.29 is 18.0 Å². The van der Waals surface area contributed by atoms with Crippen LogP contribution in [0.15, 0.2) is 24.5 Å². The van der Waals surface area contributed by atoms with Crippen molar-refractivity contribution in [2.45, 2.75) is 38.6 Å². The number of carbonyl (C=O) groups is 2. The summed E-state index contributed by atoms with van der Waals surface area (Å²) in [5.74, 6) is 0.819. The van der Waals surface area contributed by atoms with E-state index in [4.69, 9.17) is 0 Å². The van der Waals surface area contributed by atoms with Crippen LogP contribution in [-0.2, 0) is 25.4 Å². The summed E-state index contributed by atoms with van der Waals surface area (Å²) in [5, 5.41) is 0. The maximum atomic E-state index is 12.6. The highest BCUT2D eigenvalue weighted by Crippen LogP contribution is 2.15. The van der Waals surface area contributed by atoms with Gasteiger partial charge < -0.3 is 9.80 Å². The van der Waals surface area contributed by atoms with Crippen LogP contribution in [-0.4, -0.2) is 78.2 Å². The lowest BCUT2D eigenvalue weighted by atomic mass is 10.1. The van der Waals surface area contributed by atoms with Crippen molar-refractivity contribution in [1.82, 2.24) is 19.5 Å². The molecule has 0 bridgehead atoms. The van der Waals surface area contributed by atoms with Crippen LogP contribution in [0, 0.1) is 0 Å². The summed E-state index contributed by atoms with van der Waals surface area (Å²) in [6.45, 7) is 6.26. The van der Waals surface area contributed by atoms with E-state index in [1.165, 1.54) is 6.92 Å². The number of pyridine rings is 1. The molecule has 156 valence electrons. The summed E-state index contributed by atoms with van der Waals surface area (Å²) in [5.41, 5.74) is 1.08. The molecule has 1 aliphatic heterocycles. The molecule has 1 N–H and O–H groups in total. The quantitative estimate of drug-likeness (QED) is 0.654. The smallest absolute Gasteiger partial charge is 0.240 e. The molecular formula is C18H28N4O4S2. The second kappa shape index (κ2) is 10.2. The second-order valence-electron chi connectivity index (χ2n) is 6.82. The lowest BCUT2D eigenvalue weighted by molar-refractivity contribution is -0.142. The normalized spacial score (nSPS) is 18.8. The Morgan fingerprint density at radius 1 is 1.39 bits per heavy atom. The summed E-state index contributed by atoms with van der Waals surface area (Å²) >= 11 is 1.54. The van der Waals surface area contributed by atoms with Gasteiger partial charge in [0.1, 0.15) is 0 Å². The van der Waals surface area contributed by atoms with Crippen molar-refractivity contribution in [3.8, 4) is 0 Å². The highest BCUT2D eigenvalue weighted by Gasteiger charge is 2.32. The Labute approximate surface area is 171 Å². The van der Waals surface area contributed by atoms with Crippen molar-refractivity contribution in [1.29, 1.82) is 0 Å². The summed E-state index contributed by atoms with van der Waals surface area (Å²) in [6, 6.07) is 2.87. The van der Waals surface area contributed by atoms with Crippen LogP contribution in [0.2, 0.25) is 0 Å². The number of thioether (sulfide) groups is 1. The van der Waals surface area contributed by atoms with Crippen molar-refractivity contribution in [3.05, 3.63) is 30.1 Å². The van der Waals surface area contributed by atoms with Gasteiger partial charge in [-0.15, -0.1) is 11.8 Å². The maximum Gasteiger partial charge on any atom is 0.240 e. The van der Waals surface area contributed by atoms with Crippen molar-refractivity contribution >= 4 is 33.6 Å². The molecule has 0 aliphatic carbocycles. The summed E-state index contributed by atoms with van der Waals surface area (Å²) in [4.78, 5) is 32.5. The van der Waals surface area contributed by atoms with Gasteiger partial charge in [-0.3, -0.25) is 14.6 Å². The van der Waals surface area contributed by atoms with E-state index in [2.05, 4.69) is 9.71 Å². The van der Waals surface area contributed by atoms with E-state index in [0.29, 0.717) is 25.4 Å². The molecule has 1 saturated heterocycles. The van der Waals surface area contributed by atoms with Crippen LogP contribution in [0.3, 0.4) is 0 Å². The number of aromatic nitrogens is 1. The Kier molecular flexibility index (Phi) is 8.26. The summed E-state index contributed by atoms with van der Waals surface area (Å²) < 4.78 is 25.8. The van der Waals surface area contributed by atoms with E-state index in [9.17, 15) is 18.0 Å². The second-order valence-corrected chi connectivity index (χ2v) is 9.85. The van der Waals surface area contributed by atoms with E-state index in [-0.39, 0.29) is 23.6 Å². The van der Waals surface area contributed by atoms with Gasteiger partial charge in [-0.1, -0.05) is 6.07 Å². The largest absolute Gasteiger partial charge is 0.338 e. The van der Waals surface area contributed by atoms with E-state index < -0.39 is 16.1 Å². The Hall–Kier alpha value is -1.65. The zero-order valence-electron chi connectivity index (χ0n) is 16.5. The van der Waals surface area contributed by atoms with Crippen molar-refractivity contribution in [2.75, 3.05) is 31.1 Å². The van der Waals surface area contributed by atoms with E-state index in [1.807, 2.05) is 19.1 Å². The van der Waals surface area contributed by atoms with Gasteiger partial charge in [0.25, 0.3) is 0 Å². The molecule has 2 amide bonds. The first-order chi connectivity index (χ1) is 13.2. The third-order valence-electron chi connectivity index (χ3n) is 4.59. The lowest BCUT2D eigenvalue weighted by Crippen LogP contribution is -2.59.